The molecule has 0 aliphatic heterocycles. The van der Waals surface area contributed by atoms with Gasteiger partial charge in [0.05, 0.1) is 0 Å². The molecule has 0 saturated heterocycles. The molecule has 0 bridgehead atoms. The van der Waals surface area contributed by atoms with Crippen LogP contribution >= 0.6 is 0 Å². The van der Waals surface area contributed by atoms with Crippen molar-refractivity contribution in [2.75, 3.05) is 0 Å². The van der Waals surface area contributed by atoms with E-state index in [4.69, 9.17) is 0 Å². The quantitative estimate of drug-likeness (QED) is 0.500. The zero-order chi connectivity index (χ0) is 6.57. The van der Waals surface area contributed by atoms with E-state index in [9.17, 15) is 5.73 Å². The van der Waals surface area contributed by atoms with Gasteiger partial charge in [0, 0.05) is 0 Å². The van der Waals surface area contributed by atoms with Crippen LogP contribution in [-0.4, -0.2) is 20.9 Å². The predicted octanol–water partition coefficient (Wildman–Crippen LogP) is 2.38. The molecule has 1 radical (unpaired) electrons. The maximum atomic E-state index is 11.5. The van der Waals surface area contributed by atoms with Crippen molar-refractivity contribution in [2.24, 2.45) is 0 Å². The number of halogens is 2. The van der Waals surface area contributed by atoms with Crippen molar-refractivity contribution in [2.45, 2.75) is 18.3 Å². The number of hydrogen-bond acceptors (Lipinski definition) is 0. The van der Waals surface area contributed by atoms with Gasteiger partial charge in [-0.15, -0.1) is 0 Å². The number of rotatable bonds is 2. The van der Waals surface area contributed by atoms with Crippen LogP contribution in [0.15, 0.2) is 11.6 Å². The third-order valence-corrected chi connectivity index (χ3v) is 2.13. The average molecular weight is 226 g/mol. The van der Waals surface area contributed by atoms with E-state index in [1.54, 1.807) is 6.08 Å². The summed E-state index contributed by atoms with van der Waals surface area (Å²) in [5, 5.41) is 0. The molecule has 0 aromatic rings. The van der Waals surface area contributed by atoms with E-state index >= 15 is 0 Å². The van der Waals surface area contributed by atoms with E-state index in [1.165, 1.54) is 0 Å². The maximum absolute atomic E-state index is 11.5. The van der Waals surface area contributed by atoms with Crippen molar-refractivity contribution < 1.29 is 5.73 Å². The van der Waals surface area contributed by atoms with Crippen molar-refractivity contribution in [3.63, 3.8) is 0 Å². The van der Waals surface area contributed by atoms with Crippen LogP contribution in [0.1, 0.15) is 13.8 Å². The molecule has 0 N–H and O–H groups in total. The van der Waals surface area contributed by atoms with Gasteiger partial charge >= 0.3 is 56.6 Å². The Kier molecular flexibility index (Phi) is 4.51. The average Bonchev–Trinajstić information content (AvgIpc) is 1.61. The minimum atomic E-state index is -3.77. The molecule has 0 saturated carbocycles. The van der Waals surface area contributed by atoms with Crippen LogP contribution in [0.5, 0.6) is 0 Å². The molecule has 0 amide bonds. The van der Waals surface area contributed by atoms with Crippen LogP contribution in [0.25, 0.3) is 0 Å². The Morgan fingerprint density at radius 3 is 2.12 bits per heavy atom. The Labute approximate surface area is 56.9 Å². The first-order chi connectivity index (χ1) is 3.63. The molecule has 0 aromatic carbocycles. The summed E-state index contributed by atoms with van der Waals surface area (Å²) in [6.45, 7) is 3.68. The zero-order valence-electron chi connectivity index (χ0n) is 5.04. The van der Waals surface area contributed by atoms with Gasteiger partial charge in [-0.3, -0.25) is 0 Å². The van der Waals surface area contributed by atoms with Crippen LogP contribution < -0.4 is 0 Å². The van der Waals surface area contributed by atoms with Crippen LogP contribution in [0.4, 0.5) is 5.73 Å². The van der Waals surface area contributed by atoms with E-state index in [-0.39, 0.29) is 4.44 Å². The first-order valence-corrected chi connectivity index (χ1v) is 6.60. The standard InChI is InChI=1S/C5H9.2FH.Sn/c1-4-5(2)3;;;/h4H,1H2,2-3H3;2*1H;/q;;;+2/p-2. The van der Waals surface area contributed by atoms with Crippen LogP contribution in [0, 0.1) is 0 Å². The first kappa shape index (κ1) is 8.40. The van der Waals surface area contributed by atoms with Gasteiger partial charge in [0.15, 0.2) is 0 Å². The van der Waals surface area contributed by atoms with Gasteiger partial charge in [0.1, 0.15) is 0 Å². The summed E-state index contributed by atoms with van der Waals surface area (Å²) < 4.78 is 23.2. The second-order valence-electron chi connectivity index (χ2n) is 1.82. The summed E-state index contributed by atoms with van der Waals surface area (Å²) in [5.41, 5.74) is 0.999. The summed E-state index contributed by atoms with van der Waals surface area (Å²) in [4.78, 5) is 0. The van der Waals surface area contributed by atoms with Gasteiger partial charge in [-0.2, -0.15) is 0 Å². The number of allylic oxidation sites excluding steroid dienone is 2. The molecule has 0 aliphatic carbocycles. The molecule has 3 heteroatoms. The Balaban J connectivity index is 3.29. The topological polar surface area (TPSA) is 0 Å². The van der Waals surface area contributed by atoms with Crippen molar-refractivity contribution in [3.05, 3.63) is 11.6 Å². The molecule has 0 spiro atoms. The molecule has 0 nitrogen and oxygen atoms in total. The van der Waals surface area contributed by atoms with E-state index < -0.39 is 20.9 Å². The van der Waals surface area contributed by atoms with Gasteiger partial charge in [-0.1, -0.05) is 0 Å². The fourth-order valence-electron chi connectivity index (χ4n) is 0.281. The first-order valence-electron chi connectivity index (χ1n) is 2.43. The summed E-state index contributed by atoms with van der Waals surface area (Å²) in [6, 6.07) is 0. The fraction of sp³-hybridized carbons (Fsp3) is 0.600. The molecule has 0 fully saturated rings. The Morgan fingerprint density at radius 2 is 2.00 bits per heavy atom. The second kappa shape index (κ2) is 4.29. The van der Waals surface area contributed by atoms with E-state index in [0.717, 1.165) is 5.57 Å². The summed E-state index contributed by atoms with van der Waals surface area (Å²) >= 11 is -3.77. The van der Waals surface area contributed by atoms with E-state index in [2.05, 4.69) is 0 Å². The van der Waals surface area contributed by atoms with Crippen molar-refractivity contribution >= 4 is 20.9 Å². The fourth-order valence-corrected chi connectivity index (χ4v) is 1.89. The van der Waals surface area contributed by atoms with Crippen molar-refractivity contribution in [3.8, 4) is 0 Å². The third-order valence-electron chi connectivity index (χ3n) is 0.665. The normalized spacial score (nSPS) is 9.62. The Morgan fingerprint density at radius 1 is 1.50 bits per heavy atom. The molecule has 0 heterocycles. The number of hydrogen-bond donors (Lipinski definition) is 0. The molecular formula is C5H9F2Sn. The molecule has 8 heavy (non-hydrogen) atoms. The SMILES string of the molecule is CC(C)=C[CH2][Sn]([F])[F]. The Bertz CT molecular complexity index is 84.4. The van der Waals surface area contributed by atoms with Crippen LogP contribution in [-0.2, 0) is 0 Å². The predicted molar refractivity (Wildman–Crippen MR) is 32.2 cm³/mol. The summed E-state index contributed by atoms with van der Waals surface area (Å²) in [7, 11) is 0. The Hall–Kier alpha value is 0.399. The molecule has 0 aliphatic rings. The van der Waals surface area contributed by atoms with Crippen LogP contribution in [0.3, 0.4) is 0 Å². The third kappa shape index (κ3) is 6.40. The minimum absolute atomic E-state index is 0.0879. The monoisotopic (exact) mass is 227 g/mol. The van der Waals surface area contributed by atoms with Gasteiger partial charge in [0.25, 0.3) is 0 Å². The van der Waals surface area contributed by atoms with Crippen molar-refractivity contribution in [1.29, 1.82) is 0 Å². The second-order valence-corrected chi connectivity index (χ2v) is 4.92. The van der Waals surface area contributed by atoms with Crippen LogP contribution in [0.2, 0.25) is 4.44 Å². The molecule has 47 valence electrons. The molecule has 0 aromatic heterocycles. The summed E-state index contributed by atoms with van der Waals surface area (Å²) in [6.07, 6.45) is 1.62. The van der Waals surface area contributed by atoms with Crippen molar-refractivity contribution in [1.82, 2.24) is 0 Å². The van der Waals surface area contributed by atoms with Gasteiger partial charge in [0.2, 0.25) is 0 Å². The molecule has 0 atom stereocenters. The molecule has 0 unspecified atom stereocenters. The van der Waals surface area contributed by atoms with E-state index in [1.807, 2.05) is 13.8 Å². The molecule has 0 rings (SSSR count). The zero-order valence-corrected chi connectivity index (χ0v) is 7.89. The summed E-state index contributed by atoms with van der Waals surface area (Å²) in [5.74, 6) is 0. The van der Waals surface area contributed by atoms with E-state index in [0.29, 0.717) is 0 Å². The van der Waals surface area contributed by atoms with Gasteiger partial charge in [-0.05, 0) is 0 Å². The van der Waals surface area contributed by atoms with Gasteiger partial charge in [-0.25, -0.2) is 0 Å². The van der Waals surface area contributed by atoms with Gasteiger partial charge < -0.3 is 0 Å². The molecular weight excluding hydrogens is 217 g/mol.